The topological polar surface area (TPSA) is 29.3 Å². The lowest BCUT2D eigenvalue weighted by Gasteiger charge is -2.20. The Labute approximate surface area is 98.4 Å². The minimum Gasteiger partial charge on any atom is -0.371 e. The molecular weight excluding hydrogens is 196 g/mol. The number of rotatable bonds is 3. The van der Waals surface area contributed by atoms with Crippen LogP contribution in [0.5, 0.6) is 0 Å². The molecule has 1 atom stereocenters. The van der Waals surface area contributed by atoms with Gasteiger partial charge in [0.05, 0.1) is 0 Å². The highest BCUT2D eigenvalue weighted by molar-refractivity contribution is 5.48. The van der Waals surface area contributed by atoms with E-state index in [2.05, 4.69) is 43.0 Å². The molecule has 2 nitrogen and oxygen atoms in total. The number of anilines is 1. The summed E-state index contributed by atoms with van der Waals surface area (Å²) in [5, 5.41) is 0. The van der Waals surface area contributed by atoms with Crippen molar-refractivity contribution in [2.75, 3.05) is 18.0 Å². The summed E-state index contributed by atoms with van der Waals surface area (Å²) in [6, 6.07) is 8.67. The van der Waals surface area contributed by atoms with Crippen LogP contribution < -0.4 is 10.6 Å². The van der Waals surface area contributed by atoms with Gasteiger partial charge in [0, 0.05) is 25.3 Å². The molecule has 2 heteroatoms. The molecule has 1 aromatic rings. The molecule has 2 N–H and O–H groups in total. The Hall–Kier alpha value is -1.02. The fourth-order valence-electron chi connectivity index (χ4n) is 2.41. The third kappa shape index (κ3) is 2.38. The van der Waals surface area contributed by atoms with Crippen molar-refractivity contribution in [1.82, 2.24) is 0 Å². The summed E-state index contributed by atoms with van der Waals surface area (Å²) in [5.74, 6) is 1.66. The number of hydrogen-bond acceptors (Lipinski definition) is 2. The second-order valence-electron chi connectivity index (χ2n) is 5.11. The van der Waals surface area contributed by atoms with Gasteiger partial charge in [0.25, 0.3) is 0 Å². The predicted molar refractivity (Wildman–Crippen MR) is 69.5 cm³/mol. The molecule has 0 radical (unpaired) electrons. The number of benzene rings is 1. The smallest absolute Gasteiger partial charge is 0.0366 e. The molecule has 88 valence electrons. The van der Waals surface area contributed by atoms with E-state index in [1.54, 1.807) is 0 Å². The number of hydrogen-bond donors (Lipinski definition) is 1. The second kappa shape index (κ2) is 4.88. The van der Waals surface area contributed by atoms with Gasteiger partial charge in [-0.1, -0.05) is 26.0 Å². The molecule has 0 amide bonds. The molecule has 1 aliphatic heterocycles. The lowest BCUT2D eigenvalue weighted by Crippen LogP contribution is -2.21. The summed E-state index contributed by atoms with van der Waals surface area (Å²) in [6.07, 6.45) is 1.33. The van der Waals surface area contributed by atoms with E-state index < -0.39 is 0 Å². The maximum atomic E-state index is 5.60. The quantitative estimate of drug-likeness (QED) is 0.845. The molecule has 0 bridgehead atoms. The van der Waals surface area contributed by atoms with E-state index in [-0.39, 0.29) is 0 Å². The van der Waals surface area contributed by atoms with Gasteiger partial charge in [0.15, 0.2) is 0 Å². The van der Waals surface area contributed by atoms with Crippen LogP contribution in [0.2, 0.25) is 0 Å². The van der Waals surface area contributed by atoms with Crippen molar-refractivity contribution in [2.24, 2.45) is 17.6 Å². The van der Waals surface area contributed by atoms with Crippen LogP contribution >= 0.6 is 0 Å². The monoisotopic (exact) mass is 218 g/mol. The largest absolute Gasteiger partial charge is 0.371 e. The van der Waals surface area contributed by atoms with E-state index in [4.69, 9.17) is 5.73 Å². The van der Waals surface area contributed by atoms with Gasteiger partial charge in [-0.05, 0) is 36.0 Å². The fraction of sp³-hybridized carbons (Fsp3) is 0.571. The number of nitrogens with two attached hydrogens (primary N) is 1. The normalized spacial score (nSPS) is 20.8. The van der Waals surface area contributed by atoms with Crippen molar-refractivity contribution in [3.63, 3.8) is 0 Å². The molecule has 2 rings (SSSR count). The highest BCUT2D eigenvalue weighted by Gasteiger charge is 2.24. The highest BCUT2D eigenvalue weighted by Crippen LogP contribution is 2.28. The SMILES string of the molecule is CC(C)C1CCN(c2ccc(CN)cc2)C1. The maximum absolute atomic E-state index is 5.60. The third-order valence-electron chi connectivity index (χ3n) is 3.70. The summed E-state index contributed by atoms with van der Waals surface area (Å²) < 4.78 is 0. The van der Waals surface area contributed by atoms with Gasteiger partial charge in [-0.2, -0.15) is 0 Å². The van der Waals surface area contributed by atoms with E-state index in [1.165, 1.54) is 30.8 Å². The minimum atomic E-state index is 0.634. The van der Waals surface area contributed by atoms with Crippen LogP contribution in [0.25, 0.3) is 0 Å². The molecule has 16 heavy (non-hydrogen) atoms. The van der Waals surface area contributed by atoms with Crippen LogP contribution in [-0.4, -0.2) is 13.1 Å². The molecule has 1 fully saturated rings. The lowest BCUT2D eigenvalue weighted by molar-refractivity contribution is 0.423. The Morgan fingerprint density at radius 1 is 1.31 bits per heavy atom. The molecule has 0 aliphatic carbocycles. The van der Waals surface area contributed by atoms with E-state index in [0.717, 1.165) is 11.8 Å². The minimum absolute atomic E-state index is 0.634. The summed E-state index contributed by atoms with van der Waals surface area (Å²) in [5.41, 5.74) is 8.16. The van der Waals surface area contributed by atoms with Crippen molar-refractivity contribution in [1.29, 1.82) is 0 Å². The molecule has 1 heterocycles. The zero-order chi connectivity index (χ0) is 11.5. The van der Waals surface area contributed by atoms with Crippen LogP contribution in [0, 0.1) is 11.8 Å². The van der Waals surface area contributed by atoms with Crippen LogP contribution in [0.4, 0.5) is 5.69 Å². The Kier molecular flexibility index (Phi) is 3.49. The average molecular weight is 218 g/mol. The van der Waals surface area contributed by atoms with Crippen molar-refractivity contribution < 1.29 is 0 Å². The Morgan fingerprint density at radius 2 is 2.00 bits per heavy atom. The van der Waals surface area contributed by atoms with Crippen molar-refractivity contribution in [3.05, 3.63) is 29.8 Å². The van der Waals surface area contributed by atoms with Crippen molar-refractivity contribution in [3.8, 4) is 0 Å². The first-order valence-electron chi connectivity index (χ1n) is 6.24. The van der Waals surface area contributed by atoms with E-state index in [1.807, 2.05) is 0 Å². The van der Waals surface area contributed by atoms with Gasteiger partial charge in [-0.25, -0.2) is 0 Å². The van der Waals surface area contributed by atoms with Gasteiger partial charge in [-0.3, -0.25) is 0 Å². The van der Waals surface area contributed by atoms with Crippen molar-refractivity contribution >= 4 is 5.69 Å². The molecule has 1 saturated heterocycles. The first-order valence-corrected chi connectivity index (χ1v) is 6.24. The zero-order valence-electron chi connectivity index (χ0n) is 10.3. The van der Waals surface area contributed by atoms with Crippen LogP contribution in [-0.2, 0) is 6.54 Å². The first-order chi connectivity index (χ1) is 7.70. The summed E-state index contributed by atoms with van der Waals surface area (Å²) in [7, 11) is 0. The summed E-state index contributed by atoms with van der Waals surface area (Å²) >= 11 is 0. The molecule has 0 aromatic heterocycles. The zero-order valence-corrected chi connectivity index (χ0v) is 10.3. The first kappa shape index (κ1) is 11.5. The standard InChI is InChI=1S/C14H22N2/c1-11(2)13-7-8-16(10-13)14-5-3-12(9-15)4-6-14/h3-6,11,13H,7-10,15H2,1-2H3. The summed E-state index contributed by atoms with van der Waals surface area (Å²) in [4.78, 5) is 2.49. The molecule has 0 saturated carbocycles. The second-order valence-corrected chi connectivity index (χ2v) is 5.11. The molecule has 1 aliphatic rings. The van der Waals surface area contributed by atoms with Crippen LogP contribution in [0.3, 0.4) is 0 Å². The van der Waals surface area contributed by atoms with Crippen LogP contribution in [0.1, 0.15) is 25.8 Å². The molecule has 1 aromatic carbocycles. The Bertz CT molecular complexity index is 329. The third-order valence-corrected chi connectivity index (χ3v) is 3.70. The lowest BCUT2D eigenvalue weighted by atomic mass is 9.95. The van der Waals surface area contributed by atoms with E-state index in [9.17, 15) is 0 Å². The molecular formula is C14H22N2. The van der Waals surface area contributed by atoms with Gasteiger partial charge in [-0.15, -0.1) is 0 Å². The number of nitrogens with zero attached hydrogens (tertiary/aromatic N) is 1. The molecule has 1 unspecified atom stereocenters. The maximum Gasteiger partial charge on any atom is 0.0366 e. The summed E-state index contributed by atoms with van der Waals surface area (Å²) in [6.45, 7) is 7.69. The van der Waals surface area contributed by atoms with Crippen LogP contribution in [0.15, 0.2) is 24.3 Å². The Balaban J connectivity index is 2.03. The predicted octanol–water partition coefficient (Wildman–Crippen LogP) is 2.63. The highest BCUT2D eigenvalue weighted by atomic mass is 15.1. The Morgan fingerprint density at radius 3 is 2.50 bits per heavy atom. The average Bonchev–Trinajstić information content (AvgIpc) is 2.78. The van der Waals surface area contributed by atoms with E-state index >= 15 is 0 Å². The molecule has 0 spiro atoms. The van der Waals surface area contributed by atoms with Crippen molar-refractivity contribution in [2.45, 2.75) is 26.8 Å². The fourth-order valence-corrected chi connectivity index (χ4v) is 2.41. The van der Waals surface area contributed by atoms with Gasteiger partial charge in [0.1, 0.15) is 0 Å². The van der Waals surface area contributed by atoms with Gasteiger partial charge in [0.2, 0.25) is 0 Å². The van der Waals surface area contributed by atoms with Gasteiger partial charge < -0.3 is 10.6 Å². The van der Waals surface area contributed by atoms with Gasteiger partial charge >= 0.3 is 0 Å². The van der Waals surface area contributed by atoms with E-state index in [0.29, 0.717) is 6.54 Å².